The molecule has 1 heterocycles. The van der Waals surface area contributed by atoms with Crippen molar-refractivity contribution >= 4 is 17.6 Å². The first-order chi connectivity index (χ1) is 9.11. The second-order valence-electron chi connectivity index (χ2n) is 3.63. The van der Waals surface area contributed by atoms with Crippen LogP contribution < -0.4 is 5.32 Å². The van der Waals surface area contributed by atoms with Gasteiger partial charge in [0.1, 0.15) is 0 Å². The number of para-hydroxylation sites is 1. The van der Waals surface area contributed by atoms with E-state index in [2.05, 4.69) is 20.2 Å². The molecule has 0 fully saturated rings. The van der Waals surface area contributed by atoms with Crippen molar-refractivity contribution in [1.82, 2.24) is 10.1 Å². The fourth-order valence-electron chi connectivity index (χ4n) is 1.45. The van der Waals surface area contributed by atoms with Gasteiger partial charge in [0, 0.05) is 6.92 Å². The van der Waals surface area contributed by atoms with Gasteiger partial charge < -0.3 is 14.6 Å². The van der Waals surface area contributed by atoms with Crippen molar-refractivity contribution < 1.29 is 18.8 Å². The summed E-state index contributed by atoms with van der Waals surface area (Å²) in [5.41, 5.74) is 0.570. The van der Waals surface area contributed by atoms with Crippen molar-refractivity contribution in [2.24, 2.45) is 0 Å². The number of methoxy groups -OCH3 is 1. The van der Waals surface area contributed by atoms with E-state index in [0.717, 1.165) is 0 Å². The van der Waals surface area contributed by atoms with Crippen LogP contribution in [0.2, 0.25) is 0 Å². The van der Waals surface area contributed by atoms with Gasteiger partial charge in [-0.1, -0.05) is 17.3 Å². The zero-order chi connectivity index (χ0) is 13.8. The predicted octanol–water partition coefficient (Wildman–Crippen LogP) is 1.42. The van der Waals surface area contributed by atoms with E-state index in [9.17, 15) is 9.59 Å². The van der Waals surface area contributed by atoms with Crippen molar-refractivity contribution in [3.8, 4) is 0 Å². The lowest BCUT2D eigenvalue weighted by molar-refractivity contribution is 0.0602. The fourth-order valence-corrected chi connectivity index (χ4v) is 1.45. The first kappa shape index (κ1) is 12.7. The van der Waals surface area contributed by atoms with Gasteiger partial charge in [0.15, 0.2) is 0 Å². The third-order valence-electron chi connectivity index (χ3n) is 2.31. The van der Waals surface area contributed by atoms with Gasteiger partial charge >= 0.3 is 5.97 Å². The van der Waals surface area contributed by atoms with Crippen LogP contribution in [-0.4, -0.2) is 29.1 Å². The lowest BCUT2D eigenvalue weighted by Gasteiger charge is -2.07. The molecular formula is C12H11N3O4. The van der Waals surface area contributed by atoms with Crippen molar-refractivity contribution in [2.75, 3.05) is 12.4 Å². The zero-order valence-corrected chi connectivity index (χ0v) is 10.3. The molecule has 19 heavy (non-hydrogen) atoms. The molecule has 0 aliphatic carbocycles. The van der Waals surface area contributed by atoms with E-state index in [1.54, 1.807) is 31.2 Å². The molecule has 1 aromatic carbocycles. The van der Waals surface area contributed by atoms with Crippen LogP contribution in [0.4, 0.5) is 5.69 Å². The van der Waals surface area contributed by atoms with E-state index in [-0.39, 0.29) is 17.3 Å². The Morgan fingerprint density at radius 2 is 2.05 bits per heavy atom. The largest absolute Gasteiger partial charge is 0.465 e. The molecule has 1 N–H and O–H groups in total. The van der Waals surface area contributed by atoms with Crippen LogP contribution in [-0.2, 0) is 4.74 Å². The maximum atomic E-state index is 11.8. The molecule has 0 bridgehead atoms. The number of carbonyl (C=O) groups excluding carboxylic acids is 2. The Kier molecular flexibility index (Phi) is 3.56. The molecule has 0 spiro atoms. The molecule has 7 heteroatoms. The van der Waals surface area contributed by atoms with Crippen LogP contribution in [0.3, 0.4) is 0 Å². The predicted molar refractivity (Wildman–Crippen MR) is 64.8 cm³/mol. The van der Waals surface area contributed by atoms with Crippen LogP contribution in [0, 0.1) is 6.92 Å². The third-order valence-corrected chi connectivity index (χ3v) is 2.31. The van der Waals surface area contributed by atoms with E-state index in [4.69, 9.17) is 4.52 Å². The highest BCUT2D eigenvalue weighted by Gasteiger charge is 2.17. The summed E-state index contributed by atoms with van der Waals surface area (Å²) in [5, 5.41) is 6.02. The Hall–Kier alpha value is -2.70. The molecule has 0 saturated heterocycles. The SMILES string of the molecule is COC(=O)c1ccccc1NC(=O)c1noc(C)n1. The minimum Gasteiger partial charge on any atom is -0.465 e. The average Bonchev–Trinajstić information content (AvgIpc) is 2.85. The van der Waals surface area contributed by atoms with Gasteiger partial charge in [-0.3, -0.25) is 4.79 Å². The summed E-state index contributed by atoms with van der Waals surface area (Å²) in [6.07, 6.45) is 0. The molecule has 1 amide bonds. The molecule has 98 valence electrons. The first-order valence-electron chi connectivity index (χ1n) is 5.41. The molecule has 0 aliphatic heterocycles. The Morgan fingerprint density at radius 1 is 1.32 bits per heavy atom. The second-order valence-corrected chi connectivity index (χ2v) is 3.63. The summed E-state index contributed by atoms with van der Waals surface area (Å²) >= 11 is 0. The molecule has 2 rings (SSSR count). The van der Waals surface area contributed by atoms with Crippen LogP contribution in [0.5, 0.6) is 0 Å². The molecule has 7 nitrogen and oxygen atoms in total. The van der Waals surface area contributed by atoms with Crippen molar-refractivity contribution in [3.63, 3.8) is 0 Å². The number of anilines is 1. The highest BCUT2D eigenvalue weighted by Crippen LogP contribution is 2.16. The van der Waals surface area contributed by atoms with Crippen molar-refractivity contribution in [1.29, 1.82) is 0 Å². The summed E-state index contributed by atoms with van der Waals surface area (Å²) in [6, 6.07) is 6.48. The number of ether oxygens (including phenoxy) is 1. The van der Waals surface area contributed by atoms with Gasteiger partial charge in [-0.25, -0.2) is 4.79 Å². The molecule has 0 atom stereocenters. The van der Waals surface area contributed by atoms with E-state index in [1.165, 1.54) is 7.11 Å². The number of nitrogens with zero attached hydrogens (tertiary/aromatic N) is 2. The lowest BCUT2D eigenvalue weighted by atomic mass is 10.2. The second kappa shape index (κ2) is 5.30. The van der Waals surface area contributed by atoms with E-state index in [0.29, 0.717) is 5.69 Å². The normalized spacial score (nSPS) is 10.0. The molecule has 0 radical (unpaired) electrons. The van der Waals surface area contributed by atoms with Gasteiger partial charge in [0.05, 0.1) is 18.4 Å². The Morgan fingerprint density at radius 3 is 2.68 bits per heavy atom. The smallest absolute Gasteiger partial charge is 0.339 e. The first-order valence-corrected chi connectivity index (χ1v) is 5.41. The lowest BCUT2D eigenvalue weighted by Crippen LogP contribution is -2.16. The van der Waals surface area contributed by atoms with Gasteiger partial charge in [-0.2, -0.15) is 4.98 Å². The minimum atomic E-state index is -0.562. The molecule has 1 aromatic heterocycles. The quantitative estimate of drug-likeness (QED) is 0.839. The zero-order valence-electron chi connectivity index (χ0n) is 10.3. The maximum Gasteiger partial charge on any atom is 0.339 e. The summed E-state index contributed by atoms with van der Waals surface area (Å²) in [7, 11) is 1.27. The van der Waals surface area contributed by atoms with Gasteiger partial charge in [-0.15, -0.1) is 0 Å². The fraction of sp³-hybridized carbons (Fsp3) is 0.167. The third kappa shape index (κ3) is 2.76. The van der Waals surface area contributed by atoms with Crippen LogP contribution in [0.25, 0.3) is 0 Å². The number of aryl methyl sites for hydroxylation is 1. The van der Waals surface area contributed by atoms with Crippen molar-refractivity contribution in [2.45, 2.75) is 6.92 Å². The van der Waals surface area contributed by atoms with Crippen LogP contribution in [0.1, 0.15) is 26.9 Å². The monoisotopic (exact) mass is 261 g/mol. The maximum absolute atomic E-state index is 11.8. The number of rotatable bonds is 3. The molecule has 0 aliphatic rings. The number of amides is 1. The van der Waals surface area contributed by atoms with E-state index >= 15 is 0 Å². The molecular weight excluding hydrogens is 250 g/mol. The number of hydrogen-bond acceptors (Lipinski definition) is 6. The molecule has 2 aromatic rings. The molecule has 0 unspecified atom stereocenters. The van der Waals surface area contributed by atoms with Gasteiger partial charge in [0.2, 0.25) is 5.89 Å². The number of nitrogens with one attached hydrogen (secondary N) is 1. The van der Waals surface area contributed by atoms with Crippen LogP contribution in [0.15, 0.2) is 28.8 Å². The van der Waals surface area contributed by atoms with E-state index in [1.807, 2.05) is 0 Å². The number of esters is 1. The van der Waals surface area contributed by atoms with E-state index < -0.39 is 11.9 Å². The summed E-state index contributed by atoms with van der Waals surface area (Å²) in [5.74, 6) is -0.919. The number of hydrogen-bond donors (Lipinski definition) is 1. The van der Waals surface area contributed by atoms with Gasteiger partial charge in [0.25, 0.3) is 11.7 Å². The Bertz CT molecular complexity index is 621. The average molecular weight is 261 g/mol. The van der Waals surface area contributed by atoms with Crippen LogP contribution >= 0.6 is 0 Å². The van der Waals surface area contributed by atoms with Crippen molar-refractivity contribution in [3.05, 3.63) is 41.5 Å². The summed E-state index contributed by atoms with van der Waals surface area (Å²) < 4.78 is 9.34. The number of benzene rings is 1. The minimum absolute atomic E-state index is 0.0998. The topological polar surface area (TPSA) is 94.3 Å². The number of carbonyl (C=O) groups is 2. The highest BCUT2D eigenvalue weighted by atomic mass is 16.5. The number of aromatic nitrogens is 2. The standard InChI is InChI=1S/C12H11N3O4/c1-7-13-10(15-19-7)11(16)14-9-6-4-3-5-8(9)12(17)18-2/h3-6H,1-2H3,(H,14,16). The van der Waals surface area contributed by atoms with Gasteiger partial charge in [-0.05, 0) is 12.1 Å². The Balaban J connectivity index is 2.24. The summed E-state index contributed by atoms with van der Waals surface area (Å²) in [6.45, 7) is 1.58. The molecule has 0 saturated carbocycles. The Labute approximate surface area is 108 Å². The summed E-state index contributed by atoms with van der Waals surface area (Å²) in [4.78, 5) is 27.2. The highest BCUT2D eigenvalue weighted by molar-refractivity contribution is 6.06.